The van der Waals surface area contributed by atoms with Gasteiger partial charge in [-0.1, -0.05) is 6.07 Å². The molecule has 2 aromatic carbocycles. The molecular formula is C22H21F2N7O2. The van der Waals surface area contributed by atoms with Crippen molar-refractivity contribution in [2.24, 2.45) is 0 Å². The number of anilines is 2. The lowest BCUT2D eigenvalue weighted by Crippen LogP contribution is -2.35. The Morgan fingerprint density at radius 2 is 1.94 bits per heavy atom. The Morgan fingerprint density at radius 1 is 1.09 bits per heavy atom. The first-order valence-corrected chi connectivity index (χ1v) is 10.4. The first-order valence-electron chi connectivity index (χ1n) is 10.4. The number of carbonyl (C=O) groups excluding carboxylic acids is 1. The van der Waals surface area contributed by atoms with Crippen LogP contribution in [0.4, 0.5) is 25.0 Å². The molecule has 33 heavy (non-hydrogen) atoms. The average molecular weight is 453 g/mol. The minimum absolute atomic E-state index is 0.118. The third-order valence-electron chi connectivity index (χ3n) is 5.36. The standard InChI is InChI=1S/C22H21F2N7O2/c23-15-3-2-14(10-16(15)24)26-22(32)29-19-11-25-30-20(19)21-27-17-4-1-13(9-18(17)28-21)12-31-5-7-33-8-6-31/h1-4,9-11H,5-8,12H2,(H,25,30)(H,27,28)(H2,26,29,32). The summed E-state index contributed by atoms with van der Waals surface area (Å²) in [6.07, 6.45) is 1.44. The number of fused-ring (bicyclic) bond motifs is 1. The third-order valence-corrected chi connectivity index (χ3v) is 5.36. The van der Waals surface area contributed by atoms with Crippen molar-refractivity contribution in [3.05, 3.63) is 59.8 Å². The van der Waals surface area contributed by atoms with E-state index in [2.05, 4.69) is 41.8 Å². The average Bonchev–Trinajstić information content (AvgIpc) is 3.43. The van der Waals surface area contributed by atoms with Gasteiger partial charge in [-0.05, 0) is 29.8 Å². The van der Waals surface area contributed by atoms with E-state index < -0.39 is 17.7 Å². The number of nitrogens with one attached hydrogen (secondary N) is 4. The molecule has 0 atom stereocenters. The number of nitrogens with zero attached hydrogens (tertiary/aromatic N) is 3. The Balaban J connectivity index is 1.31. The number of rotatable bonds is 5. The molecule has 9 nitrogen and oxygen atoms in total. The molecule has 4 N–H and O–H groups in total. The van der Waals surface area contributed by atoms with Gasteiger partial charge in [0, 0.05) is 31.4 Å². The number of amides is 2. The number of urea groups is 1. The molecule has 2 aromatic heterocycles. The number of benzene rings is 2. The van der Waals surface area contributed by atoms with Crippen molar-refractivity contribution in [2.45, 2.75) is 6.54 Å². The molecule has 2 amide bonds. The highest BCUT2D eigenvalue weighted by atomic mass is 19.2. The van der Waals surface area contributed by atoms with Gasteiger partial charge in [0.15, 0.2) is 17.5 Å². The maximum absolute atomic E-state index is 13.4. The Bertz CT molecular complexity index is 1300. The number of hydrogen-bond donors (Lipinski definition) is 4. The molecule has 1 aliphatic heterocycles. The zero-order chi connectivity index (χ0) is 22.8. The van der Waals surface area contributed by atoms with Crippen LogP contribution in [0.1, 0.15) is 5.56 Å². The van der Waals surface area contributed by atoms with Crippen LogP contribution in [0.3, 0.4) is 0 Å². The van der Waals surface area contributed by atoms with Gasteiger partial charge in [-0.15, -0.1) is 0 Å². The summed E-state index contributed by atoms with van der Waals surface area (Å²) >= 11 is 0. The van der Waals surface area contributed by atoms with Crippen molar-refractivity contribution in [3.63, 3.8) is 0 Å². The maximum Gasteiger partial charge on any atom is 0.323 e. The topological polar surface area (TPSA) is 111 Å². The van der Waals surface area contributed by atoms with E-state index in [1.165, 1.54) is 12.3 Å². The van der Waals surface area contributed by atoms with Crippen molar-refractivity contribution in [1.82, 2.24) is 25.1 Å². The highest BCUT2D eigenvalue weighted by Gasteiger charge is 2.16. The van der Waals surface area contributed by atoms with E-state index in [1.807, 2.05) is 12.1 Å². The minimum atomic E-state index is -1.05. The molecule has 4 aromatic rings. The number of halogens is 2. The molecule has 1 fully saturated rings. The van der Waals surface area contributed by atoms with Crippen molar-refractivity contribution in [2.75, 3.05) is 36.9 Å². The first-order chi connectivity index (χ1) is 16.0. The summed E-state index contributed by atoms with van der Waals surface area (Å²) in [6, 6.07) is 8.53. The number of ether oxygens (including phenoxy) is 1. The lowest BCUT2D eigenvalue weighted by Gasteiger charge is -2.26. The number of H-pyrrole nitrogens is 2. The monoisotopic (exact) mass is 453 g/mol. The zero-order valence-electron chi connectivity index (χ0n) is 17.5. The number of aromatic nitrogens is 4. The molecule has 0 radical (unpaired) electrons. The number of hydrogen-bond acceptors (Lipinski definition) is 5. The molecule has 1 aliphatic rings. The van der Waals surface area contributed by atoms with Gasteiger partial charge in [0.2, 0.25) is 0 Å². The fourth-order valence-corrected chi connectivity index (χ4v) is 3.71. The molecule has 0 unspecified atom stereocenters. The molecule has 3 heterocycles. The Morgan fingerprint density at radius 3 is 2.76 bits per heavy atom. The van der Waals surface area contributed by atoms with Crippen molar-refractivity contribution in [3.8, 4) is 11.5 Å². The molecule has 0 spiro atoms. The Kier molecular flexibility index (Phi) is 5.71. The first kappa shape index (κ1) is 21.0. The summed E-state index contributed by atoms with van der Waals surface area (Å²) in [5, 5.41) is 11.9. The summed E-state index contributed by atoms with van der Waals surface area (Å²) < 4.78 is 31.9. The molecular weight excluding hydrogens is 432 g/mol. The van der Waals surface area contributed by atoms with Gasteiger partial charge in [0.1, 0.15) is 5.69 Å². The number of imidazole rings is 1. The van der Waals surface area contributed by atoms with Crippen LogP contribution in [-0.2, 0) is 11.3 Å². The van der Waals surface area contributed by atoms with Gasteiger partial charge in [-0.25, -0.2) is 18.6 Å². The van der Waals surface area contributed by atoms with E-state index in [0.717, 1.165) is 61.6 Å². The van der Waals surface area contributed by atoms with Crippen LogP contribution < -0.4 is 10.6 Å². The summed E-state index contributed by atoms with van der Waals surface area (Å²) in [7, 11) is 0. The van der Waals surface area contributed by atoms with Crippen LogP contribution in [0.2, 0.25) is 0 Å². The van der Waals surface area contributed by atoms with E-state index in [4.69, 9.17) is 4.74 Å². The molecule has 1 saturated heterocycles. The quantitative estimate of drug-likeness (QED) is 0.368. The van der Waals surface area contributed by atoms with E-state index in [0.29, 0.717) is 17.2 Å². The van der Waals surface area contributed by atoms with E-state index in [1.54, 1.807) is 0 Å². The fraction of sp³-hybridized carbons (Fsp3) is 0.227. The lowest BCUT2D eigenvalue weighted by molar-refractivity contribution is 0.0342. The fourth-order valence-electron chi connectivity index (χ4n) is 3.71. The van der Waals surface area contributed by atoms with Crippen LogP contribution >= 0.6 is 0 Å². The summed E-state index contributed by atoms with van der Waals surface area (Å²) in [4.78, 5) is 22.5. The molecule has 0 bridgehead atoms. The van der Waals surface area contributed by atoms with Gasteiger partial charge in [-0.3, -0.25) is 10.00 Å². The third kappa shape index (κ3) is 4.69. The Labute approximate surface area is 187 Å². The SMILES string of the molecule is O=C(Nc1ccc(F)c(F)c1)Nc1cn[nH]c1-c1nc2ccc(CN3CCOCC3)cc2[nH]1. The van der Waals surface area contributed by atoms with Gasteiger partial charge in [0.25, 0.3) is 0 Å². The highest BCUT2D eigenvalue weighted by molar-refractivity contribution is 6.01. The second-order valence-corrected chi connectivity index (χ2v) is 7.69. The van der Waals surface area contributed by atoms with Crippen LogP contribution in [-0.4, -0.2) is 57.4 Å². The van der Waals surface area contributed by atoms with Crippen molar-refractivity contribution >= 4 is 28.4 Å². The van der Waals surface area contributed by atoms with Crippen LogP contribution in [0.25, 0.3) is 22.6 Å². The summed E-state index contributed by atoms with van der Waals surface area (Å²) in [6.45, 7) is 4.13. The van der Waals surface area contributed by atoms with Gasteiger partial charge < -0.3 is 20.4 Å². The zero-order valence-corrected chi connectivity index (χ0v) is 17.5. The second kappa shape index (κ2) is 8.96. The summed E-state index contributed by atoms with van der Waals surface area (Å²) in [5.41, 5.74) is 3.79. The van der Waals surface area contributed by atoms with Crippen LogP contribution in [0, 0.1) is 11.6 Å². The van der Waals surface area contributed by atoms with E-state index in [-0.39, 0.29) is 5.69 Å². The van der Waals surface area contributed by atoms with Crippen molar-refractivity contribution in [1.29, 1.82) is 0 Å². The number of aromatic amines is 2. The Hall–Kier alpha value is -3.83. The predicted molar refractivity (Wildman–Crippen MR) is 119 cm³/mol. The smallest absolute Gasteiger partial charge is 0.323 e. The van der Waals surface area contributed by atoms with E-state index in [9.17, 15) is 13.6 Å². The lowest BCUT2D eigenvalue weighted by atomic mass is 10.2. The maximum atomic E-state index is 13.4. The van der Waals surface area contributed by atoms with Gasteiger partial charge in [0.05, 0.1) is 36.1 Å². The second-order valence-electron chi connectivity index (χ2n) is 7.69. The highest BCUT2D eigenvalue weighted by Crippen LogP contribution is 2.26. The van der Waals surface area contributed by atoms with Crippen LogP contribution in [0.5, 0.6) is 0 Å². The molecule has 0 aliphatic carbocycles. The number of morpholine rings is 1. The summed E-state index contributed by atoms with van der Waals surface area (Å²) in [5.74, 6) is -1.53. The van der Waals surface area contributed by atoms with E-state index >= 15 is 0 Å². The molecule has 170 valence electrons. The minimum Gasteiger partial charge on any atom is -0.379 e. The van der Waals surface area contributed by atoms with Crippen molar-refractivity contribution < 1.29 is 18.3 Å². The normalized spacial score (nSPS) is 14.5. The molecule has 11 heteroatoms. The molecule has 0 saturated carbocycles. The van der Waals surface area contributed by atoms with Gasteiger partial charge >= 0.3 is 6.03 Å². The number of carbonyl (C=O) groups is 1. The van der Waals surface area contributed by atoms with Crippen LogP contribution in [0.15, 0.2) is 42.6 Å². The largest absolute Gasteiger partial charge is 0.379 e. The molecule has 5 rings (SSSR count). The van der Waals surface area contributed by atoms with Gasteiger partial charge in [-0.2, -0.15) is 5.10 Å². The predicted octanol–water partition coefficient (Wildman–Crippen LogP) is 3.71.